The van der Waals surface area contributed by atoms with Gasteiger partial charge >= 0.3 is 0 Å². The second-order valence-electron chi connectivity index (χ2n) is 8.24. The lowest BCUT2D eigenvalue weighted by Crippen LogP contribution is -2.36. The summed E-state index contributed by atoms with van der Waals surface area (Å²) >= 11 is 0. The Hall–Kier alpha value is -4.41. The fourth-order valence-corrected chi connectivity index (χ4v) is 3.72. The largest absolute Gasteiger partial charge is 0.497 e. The Balaban J connectivity index is 1.20. The number of aryl methyl sites for hydroxylation is 1. The third kappa shape index (κ3) is 5.98. The van der Waals surface area contributed by atoms with Gasteiger partial charge in [-0.1, -0.05) is 29.5 Å². The normalized spacial score (nSPS) is 16.2. The van der Waals surface area contributed by atoms with Gasteiger partial charge in [0.2, 0.25) is 23.5 Å². The molecule has 1 atom stereocenters. The predicted octanol–water partition coefficient (Wildman–Crippen LogP) is 2.63. The minimum Gasteiger partial charge on any atom is -0.497 e. The van der Waals surface area contributed by atoms with Crippen molar-refractivity contribution in [1.82, 2.24) is 20.4 Å². The van der Waals surface area contributed by atoms with Crippen LogP contribution >= 0.6 is 0 Å². The SMILES string of the molecule is COc1ccc(-c2noc(CCC(=O)N(C)CCNC(=O)CC3=C4C=CC=CC4C(=O)N=N3)n2)cc1. The van der Waals surface area contributed by atoms with Crippen molar-refractivity contribution in [2.75, 3.05) is 27.2 Å². The maximum absolute atomic E-state index is 12.5. The van der Waals surface area contributed by atoms with E-state index in [0.717, 1.165) is 11.3 Å². The van der Waals surface area contributed by atoms with Gasteiger partial charge in [-0.15, -0.1) is 5.11 Å². The van der Waals surface area contributed by atoms with E-state index in [0.29, 0.717) is 36.0 Å². The summed E-state index contributed by atoms with van der Waals surface area (Å²) in [6, 6.07) is 7.27. The van der Waals surface area contributed by atoms with Crippen LogP contribution in [0.4, 0.5) is 0 Å². The number of aromatic nitrogens is 2. The monoisotopic (exact) mass is 490 g/mol. The molecule has 0 fully saturated rings. The smallest absolute Gasteiger partial charge is 0.275 e. The van der Waals surface area contributed by atoms with Crippen molar-refractivity contribution >= 4 is 17.7 Å². The molecule has 4 rings (SSSR count). The van der Waals surface area contributed by atoms with Crippen LogP contribution < -0.4 is 10.1 Å². The molecule has 0 bridgehead atoms. The van der Waals surface area contributed by atoms with Crippen LogP contribution in [-0.4, -0.2) is 60.0 Å². The van der Waals surface area contributed by atoms with Crippen LogP contribution in [0.2, 0.25) is 0 Å². The molecule has 1 unspecified atom stereocenters. The molecule has 1 N–H and O–H groups in total. The lowest BCUT2D eigenvalue weighted by molar-refractivity contribution is -0.130. The number of carbonyl (C=O) groups excluding carboxylic acids is 3. The molecule has 11 heteroatoms. The van der Waals surface area contributed by atoms with E-state index in [2.05, 4.69) is 25.7 Å². The number of allylic oxidation sites excluding steroid dienone is 3. The summed E-state index contributed by atoms with van der Waals surface area (Å²) in [7, 11) is 3.26. The predicted molar refractivity (Wildman–Crippen MR) is 129 cm³/mol. The molecular weight excluding hydrogens is 464 g/mol. The van der Waals surface area contributed by atoms with Crippen LogP contribution in [0, 0.1) is 5.92 Å². The van der Waals surface area contributed by atoms with Crippen molar-refractivity contribution in [3.8, 4) is 17.1 Å². The zero-order valence-electron chi connectivity index (χ0n) is 20.0. The van der Waals surface area contributed by atoms with E-state index in [4.69, 9.17) is 9.26 Å². The van der Waals surface area contributed by atoms with Crippen LogP contribution in [-0.2, 0) is 20.8 Å². The van der Waals surface area contributed by atoms with Gasteiger partial charge in [0.05, 0.1) is 25.1 Å². The molecule has 1 aromatic carbocycles. The number of amides is 3. The zero-order valence-corrected chi connectivity index (χ0v) is 20.0. The zero-order chi connectivity index (χ0) is 25.5. The third-order valence-corrected chi connectivity index (χ3v) is 5.79. The van der Waals surface area contributed by atoms with Crippen molar-refractivity contribution in [2.24, 2.45) is 16.1 Å². The summed E-state index contributed by atoms with van der Waals surface area (Å²) in [6.45, 7) is 0.615. The maximum Gasteiger partial charge on any atom is 0.275 e. The molecule has 36 heavy (non-hydrogen) atoms. The van der Waals surface area contributed by atoms with Gasteiger partial charge in [-0.2, -0.15) is 10.1 Å². The fraction of sp³-hybridized carbons (Fsp3) is 0.320. The number of fused-ring (bicyclic) bond motifs is 1. The van der Waals surface area contributed by atoms with Crippen LogP contribution in [0.15, 0.2) is 74.6 Å². The standard InChI is InChI=1S/C25H26N6O5/c1-31(14-13-26-21(32)15-20-18-5-3-4-6-19(18)25(34)29-28-20)23(33)12-11-22-27-24(30-36-22)16-7-9-17(35-2)10-8-16/h3-10,19H,11-15H2,1-2H3,(H,26,32). The van der Waals surface area contributed by atoms with E-state index < -0.39 is 5.92 Å². The highest BCUT2D eigenvalue weighted by Crippen LogP contribution is 2.30. The van der Waals surface area contributed by atoms with Gasteiger partial charge in [0.1, 0.15) is 5.75 Å². The average Bonchev–Trinajstić information content (AvgIpc) is 3.38. The van der Waals surface area contributed by atoms with Gasteiger partial charge in [0.15, 0.2) is 0 Å². The molecule has 0 spiro atoms. The number of azo groups is 1. The summed E-state index contributed by atoms with van der Waals surface area (Å²) in [5, 5.41) is 14.3. The number of methoxy groups -OCH3 is 1. The van der Waals surface area contributed by atoms with Gasteiger partial charge in [-0.05, 0) is 29.8 Å². The number of likely N-dealkylation sites (N-methyl/N-ethyl adjacent to an activating group) is 1. The maximum atomic E-state index is 12.5. The Labute approximate surface area is 207 Å². The highest BCUT2D eigenvalue weighted by molar-refractivity contribution is 5.87. The van der Waals surface area contributed by atoms with Gasteiger partial charge < -0.3 is 19.5 Å². The molecule has 0 radical (unpaired) electrons. The molecule has 186 valence electrons. The molecule has 11 nitrogen and oxygen atoms in total. The number of hydrogen-bond donors (Lipinski definition) is 1. The van der Waals surface area contributed by atoms with E-state index in [1.165, 1.54) is 4.90 Å². The molecular formula is C25H26N6O5. The molecule has 1 aliphatic carbocycles. The summed E-state index contributed by atoms with van der Waals surface area (Å²) in [6.07, 6.45) is 7.60. The van der Waals surface area contributed by atoms with E-state index in [1.54, 1.807) is 50.6 Å². The third-order valence-electron chi connectivity index (χ3n) is 5.79. The van der Waals surface area contributed by atoms with E-state index in [1.807, 2.05) is 12.1 Å². The molecule has 1 aliphatic heterocycles. The first-order valence-corrected chi connectivity index (χ1v) is 11.5. The van der Waals surface area contributed by atoms with Gasteiger partial charge in [0, 0.05) is 38.5 Å². The number of benzene rings is 1. The van der Waals surface area contributed by atoms with Crippen molar-refractivity contribution in [3.63, 3.8) is 0 Å². The molecule has 0 saturated carbocycles. The minimum atomic E-state index is -0.481. The first-order chi connectivity index (χ1) is 17.4. The number of nitrogens with one attached hydrogen (secondary N) is 1. The average molecular weight is 491 g/mol. The molecule has 1 aromatic heterocycles. The molecule has 2 aliphatic rings. The lowest BCUT2D eigenvalue weighted by atomic mass is 9.90. The summed E-state index contributed by atoms with van der Waals surface area (Å²) < 4.78 is 10.4. The fourth-order valence-electron chi connectivity index (χ4n) is 3.72. The molecule has 3 amide bonds. The highest BCUT2D eigenvalue weighted by atomic mass is 16.5. The van der Waals surface area contributed by atoms with Gasteiger partial charge in [-0.3, -0.25) is 14.4 Å². The van der Waals surface area contributed by atoms with E-state index in [-0.39, 0.29) is 37.1 Å². The first-order valence-electron chi connectivity index (χ1n) is 11.5. The van der Waals surface area contributed by atoms with Crippen molar-refractivity contribution in [1.29, 1.82) is 0 Å². The van der Waals surface area contributed by atoms with Crippen LogP contribution in [0.1, 0.15) is 18.7 Å². The molecule has 0 saturated heterocycles. The number of hydrogen-bond acceptors (Lipinski definition) is 8. The van der Waals surface area contributed by atoms with Gasteiger partial charge in [-0.25, -0.2) is 0 Å². The van der Waals surface area contributed by atoms with E-state index in [9.17, 15) is 14.4 Å². The first kappa shape index (κ1) is 24.7. The second kappa shape index (κ2) is 11.3. The van der Waals surface area contributed by atoms with Crippen LogP contribution in [0.3, 0.4) is 0 Å². The Morgan fingerprint density at radius 1 is 1.17 bits per heavy atom. The van der Waals surface area contributed by atoms with Crippen LogP contribution in [0.25, 0.3) is 11.4 Å². The molecule has 2 heterocycles. The minimum absolute atomic E-state index is 0.00610. The summed E-state index contributed by atoms with van der Waals surface area (Å²) in [4.78, 5) is 42.6. The lowest BCUT2D eigenvalue weighted by Gasteiger charge is -2.20. The highest BCUT2D eigenvalue weighted by Gasteiger charge is 2.27. The van der Waals surface area contributed by atoms with Crippen molar-refractivity contribution < 1.29 is 23.6 Å². The van der Waals surface area contributed by atoms with Crippen molar-refractivity contribution in [3.05, 3.63) is 65.7 Å². The Kier molecular flexibility index (Phi) is 7.79. The molecule has 2 aromatic rings. The Bertz CT molecular complexity index is 1260. The number of rotatable bonds is 10. The van der Waals surface area contributed by atoms with Crippen molar-refractivity contribution in [2.45, 2.75) is 19.3 Å². The van der Waals surface area contributed by atoms with Crippen LogP contribution in [0.5, 0.6) is 5.75 Å². The number of ether oxygens (including phenoxy) is 1. The summed E-state index contributed by atoms with van der Waals surface area (Å²) in [5.41, 5.74) is 1.95. The quantitative estimate of drug-likeness (QED) is 0.540. The number of carbonyl (C=O) groups is 3. The Morgan fingerprint density at radius 3 is 2.75 bits per heavy atom. The topological polar surface area (TPSA) is 139 Å². The second-order valence-corrected chi connectivity index (χ2v) is 8.24. The Morgan fingerprint density at radius 2 is 1.97 bits per heavy atom. The summed E-state index contributed by atoms with van der Waals surface area (Å²) in [5.74, 6) is 0.353. The number of nitrogens with zero attached hydrogens (tertiary/aromatic N) is 5. The van der Waals surface area contributed by atoms with Gasteiger partial charge in [0.25, 0.3) is 5.91 Å². The van der Waals surface area contributed by atoms with E-state index >= 15 is 0 Å².